The van der Waals surface area contributed by atoms with Crippen molar-refractivity contribution in [2.75, 3.05) is 6.61 Å². The number of hydrogen-bond acceptors (Lipinski definition) is 1. The van der Waals surface area contributed by atoms with E-state index in [2.05, 4.69) is 26.3 Å². The molecule has 0 aliphatic heterocycles. The van der Waals surface area contributed by atoms with Crippen LogP contribution in [0.5, 0.6) is 0 Å². The molecule has 0 aromatic heterocycles. The highest BCUT2D eigenvalue weighted by Gasteiger charge is 2.09. The van der Waals surface area contributed by atoms with E-state index in [1.165, 1.54) is 36.4 Å². The first kappa shape index (κ1) is 23.8. The molecule has 1 nitrogen and oxygen atoms in total. The molecule has 4 heteroatoms. The van der Waals surface area contributed by atoms with Gasteiger partial charge in [-0.3, -0.25) is 0 Å². The second kappa shape index (κ2) is 11.5. The topological polar surface area (TPSA) is 9.23 Å². The standard InChI is InChI=1S/C25H25F3O/c1-7-9-21-14-15-22(25(28)24(21)27)13-11-17(3)10-12-18(4)20(6)23(26)16-19(5)29-8-2/h7,9-16H,3-6,8H2,1-2H3/b9-7+,12-10-,13-11+,23-16+. The molecule has 0 saturated heterocycles. The highest BCUT2D eigenvalue weighted by Crippen LogP contribution is 2.22. The fourth-order valence-electron chi connectivity index (χ4n) is 2.19. The van der Waals surface area contributed by atoms with E-state index in [9.17, 15) is 13.2 Å². The minimum Gasteiger partial charge on any atom is -0.494 e. The lowest BCUT2D eigenvalue weighted by Crippen LogP contribution is -1.92. The SMILES string of the molecule is C=C(/C=C\C(=C)C(=C)/C(F)=C\C(=C)OCC)/C=C/c1ccc(/C=C/C)c(F)c1F. The number of ether oxygens (including phenoxy) is 1. The van der Waals surface area contributed by atoms with Crippen molar-refractivity contribution in [3.05, 3.63) is 120 Å². The molecule has 0 radical (unpaired) electrons. The Morgan fingerprint density at radius 2 is 1.55 bits per heavy atom. The maximum absolute atomic E-state index is 14.1. The average molecular weight is 398 g/mol. The van der Waals surface area contributed by atoms with Gasteiger partial charge >= 0.3 is 0 Å². The molecule has 152 valence electrons. The monoisotopic (exact) mass is 398 g/mol. The summed E-state index contributed by atoms with van der Waals surface area (Å²) >= 11 is 0. The van der Waals surface area contributed by atoms with Crippen LogP contribution in [0.2, 0.25) is 0 Å². The fraction of sp³-hybridized carbons (Fsp3) is 0.120. The zero-order valence-corrected chi connectivity index (χ0v) is 16.8. The summed E-state index contributed by atoms with van der Waals surface area (Å²) in [6, 6.07) is 2.97. The van der Waals surface area contributed by atoms with Gasteiger partial charge in [-0.2, -0.15) is 0 Å². The third-order valence-electron chi connectivity index (χ3n) is 3.76. The lowest BCUT2D eigenvalue weighted by atomic mass is 10.1. The van der Waals surface area contributed by atoms with Crippen molar-refractivity contribution in [2.24, 2.45) is 0 Å². The van der Waals surface area contributed by atoms with Crippen molar-refractivity contribution >= 4 is 12.2 Å². The van der Waals surface area contributed by atoms with Gasteiger partial charge < -0.3 is 4.74 Å². The Kier molecular flexibility index (Phi) is 9.46. The van der Waals surface area contributed by atoms with Crippen molar-refractivity contribution in [3.63, 3.8) is 0 Å². The highest BCUT2D eigenvalue weighted by molar-refractivity contribution is 5.60. The summed E-state index contributed by atoms with van der Waals surface area (Å²) in [6.45, 7) is 18.6. The van der Waals surface area contributed by atoms with Gasteiger partial charge in [0.1, 0.15) is 11.6 Å². The summed E-state index contributed by atoms with van der Waals surface area (Å²) in [4.78, 5) is 0. The average Bonchev–Trinajstić information content (AvgIpc) is 2.68. The van der Waals surface area contributed by atoms with Gasteiger partial charge in [-0.05, 0) is 25.0 Å². The predicted octanol–water partition coefficient (Wildman–Crippen LogP) is 7.64. The summed E-state index contributed by atoms with van der Waals surface area (Å²) in [5.41, 5.74) is 1.16. The van der Waals surface area contributed by atoms with E-state index in [0.717, 1.165) is 6.08 Å². The molecule has 1 rings (SSSR count). The summed E-state index contributed by atoms with van der Waals surface area (Å²) < 4.78 is 47.2. The minimum absolute atomic E-state index is 0.0755. The molecule has 1 aromatic rings. The molecule has 0 saturated carbocycles. The molecule has 0 aliphatic carbocycles. The van der Waals surface area contributed by atoms with E-state index >= 15 is 0 Å². The van der Waals surface area contributed by atoms with Gasteiger partial charge in [0, 0.05) is 22.8 Å². The van der Waals surface area contributed by atoms with Crippen LogP contribution in [0.15, 0.2) is 97.1 Å². The second-order valence-electron chi connectivity index (χ2n) is 6.01. The summed E-state index contributed by atoms with van der Waals surface area (Å²) in [5.74, 6) is -2.27. The maximum Gasteiger partial charge on any atom is 0.166 e. The van der Waals surface area contributed by atoms with E-state index in [-0.39, 0.29) is 22.5 Å². The van der Waals surface area contributed by atoms with Crippen LogP contribution < -0.4 is 0 Å². The van der Waals surface area contributed by atoms with Crippen LogP contribution in [0, 0.1) is 11.6 Å². The predicted molar refractivity (Wildman–Crippen MR) is 117 cm³/mol. The van der Waals surface area contributed by atoms with Crippen LogP contribution in [0.4, 0.5) is 13.2 Å². The smallest absolute Gasteiger partial charge is 0.166 e. The normalized spacial score (nSPS) is 12.1. The quantitative estimate of drug-likeness (QED) is 0.291. The Morgan fingerprint density at radius 1 is 0.966 bits per heavy atom. The van der Waals surface area contributed by atoms with Gasteiger partial charge in [0.25, 0.3) is 0 Å². The third-order valence-corrected chi connectivity index (χ3v) is 3.76. The van der Waals surface area contributed by atoms with Gasteiger partial charge in [0.2, 0.25) is 0 Å². The Morgan fingerprint density at radius 3 is 2.10 bits per heavy atom. The molecular formula is C25H25F3O. The fourth-order valence-corrected chi connectivity index (χ4v) is 2.19. The number of benzene rings is 1. The van der Waals surface area contributed by atoms with Crippen molar-refractivity contribution < 1.29 is 17.9 Å². The number of hydrogen-bond donors (Lipinski definition) is 0. The molecule has 0 heterocycles. The van der Waals surface area contributed by atoms with Crippen LogP contribution in [0.1, 0.15) is 25.0 Å². The molecular weight excluding hydrogens is 373 g/mol. The Hall–Kier alpha value is -3.27. The van der Waals surface area contributed by atoms with Crippen molar-refractivity contribution in [1.82, 2.24) is 0 Å². The first-order valence-corrected chi connectivity index (χ1v) is 8.94. The molecule has 0 aliphatic rings. The third kappa shape index (κ3) is 7.34. The Balaban J connectivity index is 2.83. The number of rotatable bonds is 10. The van der Waals surface area contributed by atoms with Crippen LogP contribution in [-0.2, 0) is 4.74 Å². The molecule has 0 unspecified atom stereocenters. The summed E-state index contributed by atoms with van der Waals surface area (Å²) in [5, 5.41) is 0. The molecule has 0 bridgehead atoms. The number of halogens is 3. The van der Waals surface area contributed by atoms with Gasteiger partial charge in [0.15, 0.2) is 11.6 Å². The molecule has 0 amide bonds. The van der Waals surface area contributed by atoms with Crippen LogP contribution >= 0.6 is 0 Å². The molecule has 29 heavy (non-hydrogen) atoms. The van der Waals surface area contributed by atoms with Gasteiger partial charge in [-0.15, -0.1) is 0 Å². The Bertz CT molecular complexity index is 928. The van der Waals surface area contributed by atoms with Crippen LogP contribution in [0.25, 0.3) is 12.2 Å². The molecule has 1 aromatic carbocycles. The highest BCUT2D eigenvalue weighted by atomic mass is 19.2. The zero-order chi connectivity index (χ0) is 22.0. The lowest BCUT2D eigenvalue weighted by molar-refractivity contribution is 0.243. The lowest BCUT2D eigenvalue weighted by Gasteiger charge is -2.05. The molecule has 0 spiro atoms. The van der Waals surface area contributed by atoms with E-state index in [0.29, 0.717) is 17.8 Å². The number of allylic oxidation sites excluding steroid dienone is 9. The first-order valence-electron chi connectivity index (χ1n) is 8.94. The largest absolute Gasteiger partial charge is 0.494 e. The zero-order valence-electron chi connectivity index (χ0n) is 16.8. The van der Waals surface area contributed by atoms with E-state index in [1.54, 1.807) is 26.0 Å². The first-order chi connectivity index (χ1) is 13.7. The van der Waals surface area contributed by atoms with E-state index < -0.39 is 17.5 Å². The van der Waals surface area contributed by atoms with E-state index in [1.807, 2.05) is 0 Å². The molecule has 0 N–H and O–H groups in total. The van der Waals surface area contributed by atoms with Crippen molar-refractivity contribution in [3.8, 4) is 0 Å². The van der Waals surface area contributed by atoms with E-state index in [4.69, 9.17) is 4.74 Å². The summed E-state index contributed by atoms with van der Waals surface area (Å²) in [6.07, 6.45) is 10.3. The van der Waals surface area contributed by atoms with Crippen molar-refractivity contribution in [1.29, 1.82) is 0 Å². The Labute approximate surface area is 170 Å². The van der Waals surface area contributed by atoms with Gasteiger partial charge in [-0.25, -0.2) is 13.2 Å². The van der Waals surface area contributed by atoms with Crippen molar-refractivity contribution in [2.45, 2.75) is 13.8 Å². The van der Waals surface area contributed by atoms with Gasteiger partial charge in [-0.1, -0.05) is 74.9 Å². The van der Waals surface area contributed by atoms with Gasteiger partial charge in [0.05, 0.1) is 6.61 Å². The minimum atomic E-state index is -0.937. The maximum atomic E-state index is 14.1. The van der Waals surface area contributed by atoms with Crippen LogP contribution in [0.3, 0.4) is 0 Å². The second-order valence-corrected chi connectivity index (χ2v) is 6.01. The molecule has 0 fully saturated rings. The molecule has 0 atom stereocenters. The summed E-state index contributed by atoms with van der Waals surface area (Å²) in [7, 11) is 0. The van der Waals surface area contributed by atoms with Crippen LogP contribution in [-0.4, -0.2) is 6.61 Å².